The third-order valence-corrected chi connectivity index (χ3v) is 4.54. The zero-order valence-corrected chi connectivity index (χ0v) is 18.6. The maximum Gasteiger partial charge on any atom is 1.00 e. The molecule has 0 rings (SSSR count). The number of phosphoric acid groups is 1. The summed E-state index contributed by atoms with van der Waals surface area (Å²) in [4.78, 5) is 17.0. The van der Waals surface area contributed by atoms with Gasteiger partial charge in [0.2, 0.25) is 0 Å². The molecule has 0 heterocycles. The Morgan fingerprint density at radius 3 is 1.67 bits per heavy atom. The van der Waals surface area contributed by atoms with Gasteiger partial charge in [0.1, 0.15) is 0 Å². The van der Waals surface area contributed by atoms with Crippen LogP contribution in [0.3, 0.4) is 0 Å². The molecule has 0 unspecified atom stereocenters. The summed E-state index contributed by atoms with van der Waals surface area (Å²) in [5, 5.41) is 0. The van der Waals surface area contributed by atoms with Crippen molar-refractivity contribution in [1.29, 1.82) is 0 Å². The van der Waals surface area contributed by atoms with Gasteiger partial charge in [0, 0.05) is 0 Å². The summed E-state index contributed by atoms with van der Waals surface area (Å²) in [5.41, 5.74) is 0. The van der Waals surface area contributed by atoms with Crippen molar-refractivity contribution in [1.82, 2.24) is 0 Å². The molecule has 0 aliphatic rings. The van der Waals surface area contributed by atoms with Gasteiger partial charge in [-0.1, -0.05) is 97.5 Å². The first-order valence-electron chi connectivity index (χ1n) is 9.43. The van der Waals surface area contributed by atoms with Crippen molar-refractivity contribution in [3.63, 3.8) is 0 Å². The fourth-order valence-corrected chi connectivity index (χ4v) is 2.96. The summed E-state index contributed by atoms with van der Waals surface area (Å²) in [6, 6.07) is 0. The average Bonchev–Trinajstić information content (AvgIpc) is 2.45. The molecule has 0 amide bonds. The van der Waals surface area contributed by atoms with Gasteiger partial charge >= 0.3 is 30.2 Å². The topological polar surface area (TPSA) is 66.8 Å². The van der Waals surface area contributed by atoms with Crippen LogP contribution in [0.1, 0.15) is 97.3 Å². The van der Waals surface area contributed by atoms with Crippen LogP contribution >= 0.6 is 7.82 Å². The molecule has 2 N–H and O–H groups in total. The number of hydrogen-bond donors (Lipinski definition) is 2. The predicted octanol–water partition coefficient (Wildman–Crippen LogP) is 6.02. The number of hydrogen-bond acceptors (Lipinski definition) is 2. The van der Waals surface area contributed by atoms with Crippen molar-refractivity contribution in [2.75, 3.05) is 6.61 Å². The first-order chi connectivity index (χ1) is 10.9. The van der Waals surface area contributed by atoms with E-state index in [1.807, 2.05) is 0 Å². The summed E-state index contributed by atoms with van der Waals surface area (Å²) in [6.07, 6.45) is 18.6. The van der Waals surface area contributed by atoms with Crippen LogP contribution in [0.2, 0.25) is 0 Å². The Morgan fingerprint density at radius 1 is 0.833 bits per heavy atom. The molecule has 0 aromatic carbocycles. The van der Waals surface area contributed by atoms with E-state index in [0.29, 0.717) is 0 Å². The molecule has 0 radical (unpaired) electrons. The van der Waals surface area contributed by atoms with Crippen LogP contribution in [0.15, 0.2) is 0 Å². The maximum absolute atomic E-state index is 10.4. The maximum atomic E-state index is 10.4. The second kappa shape index (κ2) is 18.6. The molecule has 4 nitrogen and oxygen atoms in total. The third-order valence-electron chi connectivity index (χ3n) is 4.05. The van der Waals surface area contributed by atoms with Gasteiger partial charge in [0.05, 0.1) is 0 Å². The van der Waals surface area contributed by atoms with E-state index in [2.05, 4.69) is 18.4 Å². The Morgan fingerprint density at radius 2 is 1.25 bits per heavy atom. The van der Waals surface area contributed by atoms with Gasteiger partial charge in [0.25, 0.3) is 0 Å². The average molecular weight is 546 g/mol. The molecule has 0 aliphatic carbocycles. The summed E-state index contributed by atoms with van der Waals surface area (Å²) in [7, 11) is -4.29. The summed E-state index contributed by atoms with van der Waals surface area (Å²) < 4.78 is 14.8. The zero-order valence-electron chi connectivity index (χ0n) is 15.5. The summed E-state index contributed by atoms with van der Waals surface area (Å²) in [5.74, 6) is 0.853. The zero-order chi connectivity index (χ0) is 17.4. The van der Waals surface area contributed by atoms with Crippen molar-refractivity contribution < 1.29 is 41.3 Å². The molecule has 0 saturated heterocycles. The van der Waals surface area contributed by atoms with Crippen LogP contribution in [-0.2, 0) is 31.5 Å². The molecule has 0 aliphatic heterocycles. The molecule has 0 saturated carbocycles. The first-order valence-corrected chi connectivity index (χ1v) is 11.0. The van der Waals surface area contributed by atoms with Crippen LogP contribution in [-0.4, -0.2) is 16.4 Å². The Balaban J connectivity index is 0. The molecule has 150 valence electrons. The first kappa shape index (κ1) is 27.1. The number of rotatable bonds is 17. The second-order valence-corrected chi connectivity index (χ2v) is 8.17. The number of phosphoric ester groups is 1. The van der Waals surface area contributed by atoms with Crippen LogP contribution < -0.4 is 0 Å². The summed E-state index contributed by atoms with van der Waals surface area (Å²) >= 11 is 0. The fraction of sp³-hybridized carbons (Fsp3) is 0.944. The van der Waals surface area contributed by atoms with E-state index in [9.17, 15) is 4.57 Å². The minimum absolute atomic E-state index is 0. The Labute approximate surface area is 165 Å². The quantitative estimate of drug-likeness (QED) is 0.101. The van der Waals surface area contributed by atoms with Gasteiger partial charge in [-0.2, -0.15) is 6.42 Å². The van der Waals surface area contributed by atoms with Crippen molar-refractivity contribution in [2.45, 2.75) is 97.3 Å². The summed E-state index contributed by atoms with van der Waals surface area (Å²) in [6.45, 7) is 4.64. The minimum Gasteiger partial charge on any atom is -0.320 e. The molecule has 0 bridgehead atoms. The Kier molecular flexibility index (Phi) is 21.0. The predicted molar refractivity (Wildman–Crippen MR) is 97.2 cm³/mol. The molecule has 0 spiro atoms. The third kappa shape index (κ3) is 25.1. The van der Waals surface area contributed by atoms with E-state index in [-0.39, 0.29) is 29.0 Å². The second-order valence-electron chi connectivity index (χ2n) is 6.94. The van der Waals surface area contributed by atoms with E-state index >= 15 is 0 Å². The van der Waals surface area contributed by atoms with Crippen LogP contribution in [0.4, 0.5) is 0 Å². The molecule has 0 aromatic heterocycles. The standard InChI is InChI=1S/C18H38O4P.Au/c1-18(2)16-14-12-10-8-6-4-3-5-7-9-11-13-15-17-22-23(19,20)21;/h15,18H,3-14,16-17H2,1-2H3,(H2,19,20,21);/q-1;+1. The van der Waals surface area contributed by atoms with Crippen molar-refractivity contribution in [3.8, 4) is 0 Å². The minimum atomic E-state index is -4.29. The number of unbranched alkanes of at least 4 members (excludes halogenated alkanes) is 12. The van der Waals surface area contributed by atoms with Crippen molar-refractivity contribution in [3.05, 3.63) is 6.42 Å². The molecule has 0 fully saturated rings. The molecule has 6 heteroatoms. The monoisotopic (exact) mass is 546 g/mol. The molecule has 0 atom stereocenters. The van der Waals surface area contributed by atoms with E-state index in [4.69, 9.17) is 9.79 Å². The van der Waals surface area contributed by atoms with E-state index in [0.717, 1.165) is 18.8 Å². The van der Waals surface area contributed by atoms with Gasteiger partial charge in [-0.3, -0.25) is 0 Å². The van der Waals surface area contributed by atoms with E-state index in [1.165, 1.54) is 70.6 Å². The Hall–Kier alpha value is 0.850. The van der Waals surface area contributed by atoms with E-state index < -0.39 is 7.82 Å². The molecule has 24 heavy (non-hydrogen) atoms. The van der Waals surface area contributed by atoms with Crippen molar-refractivity contribution >= 4 is 7.82 Å². The largest absolute Gasteiger partial charge is 1.00 e. The van der Waals surface area contributed by atoms with Gasteiger partial charge in [-0.25, -0.2) is 4.57 Å². The van der Waals surface area contributed by atoms with Crippen molar-refractivity contribution in [2.24, 2.45) is 5.92 Å². The SMILES string of the molecule is CC(C)CCCCCCCCCCCCC[CH-]COP(=O)(O)O.[Au+]. The van der Waals surface area contributed by atoms with Crippen LogP contribution in [0.5, 0.6) is 0 Å². The molecule has 0 aromatic rings. The smallest absolute Gasteiger partial charge is 0.320 e. The van der Waals surface area contributed by atoms with Crippen LogP contribution in [0.25, 0.3) is 0 Å². The normalized spacial score (nSPS) is 11.7. The molecular weight excluding hydrogens is 508 g/mol. The van der Waals surface area contributed by atoms with Gasteiger partial charge in [-0.05, 0) is 5.92 Å². The Bertz CT molecular complexity index is 295. The van der Waals surface area contributed by atoms with Crippen LogP contribution in [0, 0.1) is 12.3 Å². The van der Waals surface area contributed by atoms with Gasteiger partial charge in [-0.15, -0.1) is 0 Å². The van der Waals surface area contributed by atoms with Gasteiger partial charge < -0.3 is 20.7 Å². The fourth-order valence-electron chi connectivity index (χ4n) is 2.67. The van der Waals surface area contributed by atoms with Gasteiger partial charge in [0.15, 0.2) is 0 Å². The molecular formula is C18H38AuO4P. The van der Waals surface area contributed by atoms with E-state index in [1.54, 1.807) is 6.42 Å².